The molecule has 2 aromatic rings. The van der Waals surface area contributed by atoms with Crippen LogP contribution in [0, 0.1) is 6.92 Å². The second kappa shape index (κ2) is 5.95. The summed E-state index contributed by atoms with van der Waals surface area (Å²) in [5, 5.41) is 3.98. The number of carbonyl (C=O) groups excluding carboxylic acids is 1. The van der Waals surface area contributed by atoms with Crippen LogP contribution >= 0.6 is 39.1 Å². The van der Waals surface area contributed by atoms with Crippen LogP contribution < -0.4 is 5.32 Å². The molecule has 0 aliphatic rings. The Morgan fingerprint density at radius 3 is 2.47 bits per heavy atom. The summed E-state index contributed by atoms with van der Waals surface area (Å²) in [6.45, 7) is 1.88. The van der Waals surface area contributed by atoms with Gasteiger partial charge in [-0.15, -0.1) is 0 Å². The second-order valence-electron chi connectivity index (χ2n) is 4.07. The van der Waals surface area contributed by atoms with Crippen LogP contribution in [0.15, 0.2) is 40.9 Å². The van der Waals surface area contributed by atoms with E-state index in [2.05, 4.69) is 21.2 Å². The lowest BCUT2D eigenvalue weighted by Gasteiger charge is -2.09. The normalized spacial score (nSPS) is 10.3. The molecule has 5 heteroatoms. The van der Waals surface area contributed by atoms with Crippen molar-refractivity contribution in [2.45, 2.75) is 6.92 Å². The van der Waals surface area contributed by atoms with Crippen molar-refractivity contribution in [3.63, 3.8) is 0 Å². The van der Waals surface area contributed by atoms with Crippen LogP contribution in [-0.2, 0) is 0 Å². The van der Waals surface area contributed by atoms with Gasteiger partial charge in [-0.1, -0.05) is 39.1 Å². The minimum atomic E-state index is -0.214. The molecule has 0 saturated carbocycles. The van der Waals surface area contributed by atoms with E-state index in [0.29, 0.717) is 15.6 Å². The van der Waals surface area contributed by atoms with Crippen LogP contribution in [0.25, 0.3) is 0 Å². The third-order valence-corrected chi connectivity index (χ3v) is 3.47. The van der Waals surface area contributed by atoms with Gasteiger partial charge in [-0.3, -0.25) is 4.79 Å². The highest BCUT2D eigenvalue weighted by Gasteiger charge is 2.09. The Kier molecular flexibility index (Phi) is 4.50. The summed E-state index contributed by atoms with van der Waals surface area (Å²) < 4.78 is 0.762. The molecule has 0 spiro atoms. The molecule has 0 atom stereocenters. The van der Waals surface area contributed by atoms with Gasteiger partial charge < -0.3 is 5.32 Å². The summed E-state index contributed by atoms with van der Waals surface area (Å²) >= 11 is 15.1. The fourth-order valence-corrected chi connectivity index (χ4v) is 2.73. The molecule has 1 amide bonds. The van der Waals surface area contributed by atoms with Gasteiger partial charge in [0, 0.05) is 25.8 Å². The lowest BCUT2D eigenvalue weighted by molar-refractivity contribution is 0.102. The smallest absolute Gasteiger partial charge is 0.255 e. The molecular weight excluding hydrogens is 349 g/mol. The molecule has 2 rings (SSSR count). The number of rotatable bonds is 2. The van der Waals surface area contributed by atoms with Gasteiger partial charge in [-0.25, -0.2) is 0 Å². The van der Waals surface area contributed by atoms with Gasteiger partial charge >= 0.3 is 0 Å². The molecule has 0 aliphatic heterocycles. The van der Waals surface area contributed by atoms with Crippen molar-refractivity contribution in [2.24, 2.45) is 0 Å². The van der Waals surface area contributed by atoms with Gasteiger partial charge in [0.05, 0.1) is 0 Å². The van der Waals surface area contributed by atoms with Crippen molar-refractivity contribution in [1.82, 2.24) is 0 Å². The number of aryl methyl sites for hydroxylation is 1. The summed E-state index contributed by atoms with van der Waals surface area (Å²) in [6, 6.07) is 10.4. The topological polar surface area (TPSA) is 29.1 Å². The number of halogens is 3. The summed E-state index contributed by atoms with van der Waals surface area (Å²) in [5.74, 6) is -0.214. The fourth-order valence-electron chi connectivity index (χ4n) is 1.65. The first kappa shape index (κ1) is 14.4. The molecule has 0 aromatic heterocycles. The van der Waals surface area contributed by atoms with E-state index in [1.165, 1.54) is 0 Å². The lowest BCUT2D eigenvalue weighted by Crippen LogP contribution is -2.12. The molecule has 1 N–H and O–H groups in total. The number of hydrogen-bond acceptors (Lipinski definition) is 1. The molecule has 0 radical (unpaired) electrons. The standard InChI is InChI=1S/C14H10BrCl2NO/c1-8-4-11(16)2-3-13(8)18-14(19)9-5-10(15)7-12(17)6-9/h2-7H,1H3,(H,18,19). The first-order valence-electron chi connectivity index (χ1n) is 5.49. The Morgan fingerprint density at radius 2 is 1.84 bits per heavy atom. The molecule has 19 heavy (non-hydrogen) atoms. The van der Waals surface area contributed by atoms with E-state index >= 15 is 0 Å². The minimum Gasteiger partial charge on any atom is -0.322 e. The van der Waals surface area contributed by atoms with Crippen molar-refractivity contribution in [3.8, 4) is 0 Å². The molecule has 2 nitrogen and oxygen atoms in total. The van der Waals surface area contributed by atoms with Gasteiger partial charge in [0.2, 0.25) is 0 Å². The monoisotopic (exact) mass is 357 g/mol. The SMILES string of the molecule is Cc1cc(Cl)ccc1NC(=O)c1cc(Cl)cc(Br)c1. The van der Waals surface area contributed by atoms with E-state index in [4.69, 9.17) is 23.2 Å². The molecule has 0 heterocycles. The van der Waals surface area contributed by atoms with E-state index in [0.717, 1.165) is 15.7 Å². The van der Waals surface area contributed by atoms with Crippen LogP contribution in [0.2, 0.25) is 10.0 Å². The third-order valence-electron chi connectivity index (χ3n) is 2.56. The zero-order valence-corrected chi connectivity index (χ0v) is 13.1. The van der Waals surface area contributed by atoms with Gasteiger partial charge in [0.25, 0.3) is 5.91 Å². The fraction of sp³-hybridized carbons (Fsp3) is 0.0714. The van der Waals surface area contributed by atoms with Gasteiger partial charge in [-0.05, 0) is 48.9 Å². The van der Waals surface area contributed by atoms with Gasteiger partial charge in [-0.2, -0.15) is 0 Å². The first-order valence-corrected chi connectivity index (χ1v) is 7.04. The van der Waals surface area contributed by atoms with Crippen molar-refractivity contribution in [2.75, 3.05) is 5.32 Å². The van der Waals surface area contributed by atoms with E-state index < -0.39 is 0 Å². The summed E-state index contributed by atoms with van der Waals surface area (Å²) in [7, 11) is 0. The number of carbonyl (C=O) groups is 1. The Morgan fingerprint density at radius 1 is 1.11 bits per heavy atom. The van der Waals surface area contributed by atoms with Crippen LogP contribution in [0.4, 0.5) is 5.69 Å². The Balaban J connectivity index is 2.25. The number of amides is 1. The van der Waals surface area contributed by atoms with Crippen LogP contribution in [0.5, 0.6) is 0 Å². The zero-order valence-electron chi connectivity index (χ0n) is 10.0. The Labute approximate surface area is 129 Å². The summed E-state index contributed by atoms with van der Waals surface area (Å²) in [5.41, 5.74) is 2.13. The van der Waals surface area contributed by atoms with Gasteiger partial charge in [0.1, 0.15) is 0 Å². The average molecular weight is 359 g/mol. The molecule has 2 aromatic carbocycles. The van der Waals surface area contributed by atoms with E-state index in [1.54, 1.807) is 36.4 Å². The maximum Gasteiger partial charge on any atom is 0.255 e. The molecule has 0 fully saturated rings. The molecule has 0 unspecified atom stereocenters. The largest absolute Gasteiger partial charge is 0.322 e. The second-order valence-corrected chi connectivity index (χ2v) is 5.86. The highest BCUT2D eigenvalue weighted by molar-refractivity contribution is 9.10. The number of hydrogen-bond donors (Lipinski definition) is 1. The predicted molar refractivity (Wildman–Crippen MR) is 83.3 cm³/mol. The molecule has 0 aliphatic carbocycles. The molecule has 98 valence electrons. The van der Waals surface area contributed by atoms with Crippen LogP contribution in [-0.4, -0.2) is 5.91 Å². The van der Waals surface area contributed by atoms with Crippen LogP contribution in [0.3, 0.4) is 0 Å². The Bertz CT molecular complexity index is 623. The van der Waals surface area contributed by atoms with Crippen molar-refractivity contribution < 1.29 is 4.79 Å². The van der Waals surface area contributed by atoms with Crippen molar-refractivity contribution in [1.29, 1.82) is 0 Å². The highest BCUT2D eigenvalue weighted by Crippen LogP contribution is 2.23. The highest BCUT2D eigenvalue weighted by atomic mass is 79.9. The maximum absolute atomic E-state index is 12.1. The number of nitrogens with one attached hydrogen (secondary N) is 1. The molecular formula is C14H10BrCl2NO. The zero-order chi connectivity index (χ0) is 14.0. The van der Waals surface area contributed by atoms with E-state index in [9.17, 15) is 4.79 Å². The molecule has 0 bridgehead atoms. The summed E-state index contributed by atoms with van der Waals surface area (Å²) in [6.07, 6.45) is 0. The molecule has 0 saturated heterocycles. The quantitative estimate of drug-likeness (QED) is 0.773. The average Bonchev–Trinajstić information content (AvgIpc) is 2.31. The maximum atomic E-state index is 12.1. The minimum absolute atomic E-state index is 0.214. The Hall–Kier alpha value is -1.03. The summed E-state index contributed by atoms with van der Waals surface area (Å²) in [4.78, 5) is 12.1. The first-order chi connectivity index (χ1) is 8.95. The third kappa shape index (κ3) is 3.72. The lowest BCUT2D eigenvalue weighted by atomic mass is 10.1. The van der Waals surface area contributed by atoms with Crippen molar-refractivity contribution >= 4 is 50.7 Å². The predicted octanol–water partition coefficient (Wildman–Crippen LogP) is 5.32. The number of anilines is 1. The van der Waals surface area contributed by atoms with Gasteiger partial charge in [0.15, 0.2) is 0 Å². The van der Waals surface area contributed by atoms with E-state index in [-0.39, 0.29) is 5.91 Å². The van der Waals surface area contributed by atoms with Crippen LogP contribution in [0.1, 0.15) is 15.9 Å². The van der Waals surface area contributed by atoms with Crippen molar-refractivity contribution in [3.05, 3.63) is 62.0 Å². The van der Waals surface area contributed by atoms with E-state index in [1.807, 2.05) is 6.92 Å². The number of benzene rings is 2.